The van der Waals surface area contributed by atoms with E-state index in [2.05, 4.69) is 14.8 Å². The zero-order valence-corrected chi connectivity index (χ0v) is 22.0. The van der Waals surface area contributed by atoms with Gasteiger partial charge in [0.2, 0.25) is 10.0 Å². The first-order valence-electron chi connectivity index (χ1n) is 12.3. The molecule has 2 heterocycles. The lowest BCUT2D eigenvalue weighted by Gasteiger charge is -2.46. The molecule has 0 aromatic heterocycles. The summed E-state index contributed by atoms with van der Waals surface area (Å²) in [5.41, 5.74) is 0.531. The van der Waals surface area contributed by atoms with E-state index in [0.29, 0.717) is 5.56 Å². The molecule has 2 aliphatic heterocycles. The van der Waals surface area contributed by atoms with Gasteiger partial charge in [-0.15, -0.1) is 0 Å². The van der Waals surface area contributed by atoms with Crippen molar-refractivity contribution in [3.05, 3.63) is 65.2 Å². The number of rotatable bonds is 4. The summed E-state index contributed by atoms with van der Waals surface area (Å²) in [6.45, 7) is 0.139. The van der Waals surface area contributed by atoms with Crippen LogP contribution < -0.4 is 14.8 Å². The summed E-state index contributed by atoms with van der Waals surface area (Å²) in [7, 11) is -7.91. The van der Waals surface area contributed by atoms with Crippen LogP contribution in [0.15, 0.2) is 58.8 Å². The molecule has 38 heavy (non-hydrogen) atoms. The number of sulfonamides is 2. The van der Waals surface area contributed by atoms with Crippen LogP contribution in [0, 0.1) is 23.6 Å². The molecule has 3 fully saturated rings. The number of likely N-dealkylation sites (tertiary alicyclic amines) is 1. The number of hydrogen-bond acceptors (Lipinski definition) is 7. The van der Waals surface area contributed by atoms with Crippen molar-refractivity contribution in [3.63, 3.8) is 0 Å². The number of piperidine rings is 1. The second kappa shape index (κ2) is 8.75. The molecule has 2 aromatic rings. The van der Waals surface area contributed by atoms with E-state index in [1.807, 2.05) is 0 Å². The van der Waals surface area contributed by atoms with Gasteiger partial charge in [0.05, 0.1) is 17.5 Å². The fraction of sp³-hybridized carbons (Fsp3) is 0.400. The van der Waals surface area contributed by atoms with Crippen molar-refractivity contribution in [1.29, 1.82) is 0 Å². The molecule has 2 bridgehead atoms. The number of anilines is 2. The third-order valence-corrected chi connectivity index (χ3v) is 9.97. The first kappa shape index (κ1) is 25.3. The number of nitrogens with zero attached hydrogens (tertiary/aromatic N) is 1. The van der Waals surface area contributed by atoms with Gasteiger partial charge in [0.25, 0.3) is 10.0 Å². The minimum absolute atomic E-state index is 0.0435. The Morgan fingerprint density at radius 2 is 1.82 bits per heavy atom. The van der Waals surface area contributed by atoms with Gasteiger partial charge < -0.3 is 5.32 Å². The van der Waals surface area contributed by atoms with Crippen molar-refractivity contribution >= 4 is 37.2 Å². The lowest BCUT2D eigenvalue weighted by Crippen LogP contribution is -2.57. The van der Waals surface area contributed by atoms with Gasteiger partial charge >= 0.3 is 0 Å². The predicted octanol–water partition coefficient (Wildman–Crippen LogP) is 2.91. The summed E-state index contributed by atoms with van der Waals surface area (Å²) < 4.78 is 83.9. The Bertz CT molecular complexity index is 1580. The molecule has 4 aliphatic rings. The van der Waals surface area contributed by atoms with Gasteiger partial charge in [0.15, 0.2) is 12.1 Å². The normalized spacial score (nSPS) is 31.8. The van der Waals surface area contributed by atoms with Gasteiger partial charge in [0.1, 0.15) is 16.5 Å². The van der Waals surface area contributed by atoms with E-state index in [1.54, 1.807) is 17.0 Å². The largest absolute Gasteiger partial charge is 0.340 e. The van der Waals surface area contributed by atoms with Crippen molar-refractivity contribution in [1.82, 2.24) is 9.62 Å². The van der Waals surface area contributed by atoms with Gasteiger partial charge in [-0.25, -0.2) is 25.6 Å². The minimum Gasteiger partial charge on any atom is -0.340 e. The summed E-state index contributed by atoms with van der Waals surface area (Å²) in [4.78, 5) is 15.1. The number of carbonyl (C=O) groups excluding carboxylic acids is 1. The quantitative estimate of drug-likeness (QED) is 0.385. The molecule has 3 N–H and O–H groups in total. The Kier molecular flexibility index (Phi) is 5.81. The summed E-state index contributed by atoms with van der Waals surface area (Å²) in [5, 5.41) is 2.86. The standard InChI is InChI=1S/C25H26F2N4O5S2/c1-37(33,34)29-17-8-9-18-19(11-17)38(35,36)30-25(28-18)21-23(32)20-14-4-5-15(10-14)22(20)31(24(21)27)12-13-2-6-16(26)7-3-13/h2-3,6-9,11,14-15,20,22,24,28-30H,4-5,10,12H2,1H3/t14-,15+,20+,22-,24?/m0/s1. The van der Waals surface area contributed by atoms with Gasteiger partial charge in [0, 0.05) is 24.2 Å². The number of alkyl halides is 1. The molecular formula is C25H26F2N4O5S2. The molecule has 1 unspecified atom stereocenters. The average molecular weight is 565 g/mol. The van der Waals surface area contributed by atoms with Crippen LogP contribution in [0.2, 0.25) is 0 Å². The average Bonchev–Trinajstić information content (AvgIpc) is 3.45. The monoisotopic (exact) mass is 564 g/mol. The number of fused-ring (bicyclic) bond motifs is 6. The summed E-state index contributed by atoms with van der Waals surface area (Å²) in [6.07, 6.45) is 1.62. The second-order valence-electron chi connectivity index (χ2n) is 10.5. The molecule has 2 saturated carbocycles. The molecule has 1 saturated heterocycles. The second-order valence-corrected chi connectivity index (χ2v) is 13.9. The lowest BCUT2D eigenvalue weighted by molar-refractivity contribution is -0.132. The maximum Gasteiger partial charge on any atom is 0.265 e. The minimum atomic E-state index is -4.26. The highest BCUT2D eigenvalue weighted by molar-refractivity contribution is 7.92. The van der Waals surface area contributed by atoms with Gasteiger partial charge in [-0.1, -0.05) is 12.1 Å². The molecule has 13 heteroatoms. The van der Waals surface area contributed by atoms with Crippen molar-refractivity contribution < 1.29 is 30.4 Å². The van der Waals surface area contributed by atoms with Crippen LogP contribution in [0.5, 0.6) is 0 Å². The SMILES string of the molecule is CS(=O)(=O)Nc1ccc2c(c1)S(=O)(=O)NC(=C1C(=O)[C@@H]3[C@H]4CC[C@H](C4)[C@@H]3N(Cc3ccc(F)cc3)C1F)N2. The maximum atomic E-state index is 16.4. The highest BCUT2D eigenvalue weighted by Crippen LogP contribution is 2.55. The van der Waals surface area contributed by atoms with Crippen LogP contribution in [0.25, 0.3) is 0 Å². The predicted molar refractivity (Wildman–Crippen MR) is 136 cm³/mol. The Morgan fingerprint density at radius 3 is 2.53 bits per heavy atom. The van der Waals surface area contributed by atoms with Gasteiger partial charge in [-0.05, 0) is 67.0 Å². The number of nitrogens with one attached hydrogen (secondary N) is 3. The molecule has 202 valence electrons. The van der Waals surface area contributed by atoms with E-state index < -0.39 is 43.9 Å². The smallest absolute Gasteiger partial charge is 0.265 e. The van der Waals surface area contributed by atoms with Crippen LogP contribution in [0.4, 0.5) is 20.2 Å². The highest BCUT2D eigenvalue weighted by atomic mass is 32.2. The van der Waals surface area contributed by atoms with Crippen molar-refractivity contribution in [2.24, 2.45) is 17.8 Å². The molecule has 6 rings (SSSR count). The number of carbonyl (C=O) groups is 1. The van der Waals surface area contributed by atoms with E-state index in [-0.39, 0.29) is 52.1 Å². The number of ketones is 1. The van der Waals surface area contributed by atoms with E-state index in [1.165, 1.54) is 24.3 Å². The van der Waals surface area contributed by atoms with Crippen LogP contribution in [0.3, 0.4) is 0 Å². The summed E-state index contributed by atoms with van der Waals surface area (Å²) in [6, 6.07) is 9.32. The Morgan fingerprint density at radius 1 is 1.11 bits per heavy atom. The van der Waals surface area contributed by atoms with Gasteiger partial charge in [-0.2, -0.15) is 0 Å². The van der Waals surface area contributed by atoms with Crippen molar-refractivity contribution in [2.45, 2.75) is 43.0 Å². The van der Waals surface area contributed by atoms with E-state index in [9.17, 15) is 26.0 Å². The fourth-order valence-electron chi connectivity index (χ4n) is 6.55. The molecule has 0 spiro atoms. The van der Waals surface area contributed by atoms with Crippen molar-refractivity contribution in [3.8, 4) is 0 Å². The van der Waals surface area contributed by atoms with Crippen LogP contribution in [0.1, 0.15) is 24.8 Å². The van der Waals surface area contributed by atoms with Crippen molar-refractivity contribution in [2.75, 3.05) is 16.3 Å². The molecule has 2 aromatic carbocycles. The highest BCUT2D eigenvalue weighted by Gasteiger charge is 2.59. The van der Waals surface area contributed by atoms with Gasteiger partial charge in [-0.3, -0.25) is 19.1 Å². The van der Waals surface area contributed by atoms with Crippen LogP contribution in [-0.4, -0.2) is 46.1 Å². The Balaban J connectivity index is 1.41. The van der Waals surface area contributed by atoms with Crippen LogP contribution in [-0.2, 0) is 31.4 Å². The first-order chi connectivity index (χ1) is 17.9. The molecule has 0 radical (unpaired) electrons. The lowest BCUT2D eigenvalue weighted by atomic mass is 9.75. The first-order valence-corrected chi connectivity index (χ1v) is 15.6. The number of halogens is 2. The Labute approximate surface area is 219 Å². The molecule has 0 amide bonds. The molecule has 2 aliphatic carbocycles. The Hall–Kier alpha value is -3.03. The molecule has 9 nitrogen and oxygen atoms in total. The molecule has 5 atom stereocenters. The third-order valence-electron chi connectivity index (χ3n) is 7.97. The van der Waals surface area contributed by atoms with Crippen LogP contribution >= 0.6 is 0 Å². The fourth-order valence-corrected chi connectivity index (χ4v) is 8.33. The third kappa shape index (κ3) is 4.26. The zero-order valence-electron chi connectivity index (χ0n) is 20.3. The van der Waals surface area contributed by atoms with E-state index in [0.717, 1.165) is 31.6 Å². The maximum absolute atomic E-state index is 16.4. The topological polar surface area (TPSA) is 125 Å². The summed E-state index contributed by atoms with van der Waals surface area (Å²) >= 11 is 0. The van der Waals surface area contributed by atoms with E-state index >= 15 is 4.39 Å². The number of hydrogen-bond donors (Lipinski definition) is 3. The summed E-state index contributed by atoms with van der Waals surface area (Å²) in [5.74, 6) is -1.27. The zero-order chi connectivity index (χ0) is 27.0. The van der Waals surface area contributed by atoms with E-state index in [4.69, 9.17) is 0 Å². The number of Topliss-reactive ketones (excluding diaryl/α,β-unsaturated/α-hetero) is 1. The number of benzene rings is 2. The molecular weight excluding hydrogens is 538 g/mol.